The Bertz CT molecular complexity index is 804. The number of nitrogens with zero attached hydrogens (tertiary/aromatic N) is 2. The first-order valence-electron chi connectivity index (χ1n) is 8.03. The van der Waals surface area contributed by atoms with Gasteiger partial charge in [-0.3, -0.25) is 24.2 Å². The van der Waals surface area contributed by atoms with Gasteiger partial charge in [-0.05, 0) is 32.0 Å². The zero-order chi connectivity index (χ0) is 21.2. The Hall–Kier alpha value is -2.82. The molecule has 12 heteroatoms. The van der Waals surface area contributed by atoms with Gasteiger partial charge in [-0.2, -0.15) is 0 Å². The molecule has 1 aromatic carbocycles. The van der Waals surface area contributed by atoms with Crippen molar-refractivity contribution in [3.8, 4) is 5.75 Å². The Labute approximate surface area is 162 Å². The van der Waals surface area contributed by atoms with Gasteiger partial charge in [0.15, 0.2) is 5.92 Å². The average molecular weight is 422 g/mol. The van der Waals surface area contributed by atoms with Crippen LogP contribution in [0.4, 0.5) is 23.7 Å². The Morgan fingerprint density at radius 1 is 1.14 bits per heavy atom. The number of carbonyl (C=O) groups is 4. The molecule has 1 aromatic rings. The van der Waals surface area contributed by atoms with Crippen LogP contribution in [0.1, 0.15) is 13.8 Å². The monoisotopic (exact) mass is 421 g/mol. The largest absolute Gasteiger partial charge is 0.573 e. The standard InChI is InChI=1S/C16H15ClF3N3O5/c1-3-22-13(25)11(14(26)23(4-2)15(22)27)12(24)21-8-5-6-10(9(17)7-8)28-16(18,19)20/h5-7,11H,3-4H2,1-2H3,(H,21,24). The van der Waals surface area contributed by atoms with Crippen LogP contribution in [0.15, 0.2) is 18.2 Å². The van der Waals surface area contributed by atoms with Crippen molar-refractivity contribution in [2.24, 2.45) is 5.92 Å². The summed E-state index contributed by atoms with van der Waals surface area (Å²) in [6.45, 7) is 2.93. The molecule has 0 unspecified atom stereocenters. The van der Waals surface area contributed by atoms with E-state index in [0.717, 1.165) is 28.0 Å². The van der Waals surface area contributed by atoms with Gasteiger partial charge in [-0.25, -0.2) is 4.79 Å². The fourth-order valence-electron chi connectivity index (χ4n) is 2.56. The Balaban J connectivity index is 2.23. The first kappa shape index (κ1) is 21.5. The van der Waals surface area contributed by atoms with Gasteiger partial charge in [-0.15, -0.1) is 13.2 Å². The minimum Gasteiger partial charge on any atom is -0.404 e. The van der Waals surface area contributed by atoms with E-state index in [1.165, 1.54) is 13.8 Å². The van der Waals surface area contributed by atoms with E-state index in [-0.39, 0.29) is 18.8 Å². The fraction of sp³-hybridized carbons (Fsp3) is 0.375. The number of alkyl halides is 3. The van der Waals surface area contributed by atoms with E-state index >= 15 is 0 Å². The molecule has 0 aromatic heterocycles. The third-order valence-corrected chi connectivity index (χ3v) is 4.10. The molecule has 1 fully saturated rings. The first-order valence-corrected chi connectivity index (χ1v) is 8.40. The number of hydrogen-bond acceptors (Lipinski definition) is 5. The van der Waals surface area contributed by atoms with Gasteiger partial charge >= 0.3 is 12.4 Å². The summed E-state index contributed by atoms with van der Waals surface area (Å²) in [5, 5.41) is 1.79. The van der Waals surface area contributed by atoms with Crippen LogP contribution in [-0.4, -0.2) is 53.0 Å². The van der Waals surface area contributed by atoms with Crippen LogP contribution < -0.4 is 10.1 Å². The number of ether oxygens (including phenoxy) is 1. The Morgan fingerprint density at radius 3 is 2.11 bits per heavy atom. The molecular formula is C16H15ClF3N3O5. The number of nitrogens with one attached hydrogen (secondary N) is 1. The number of halogens is 4. The van der Waals surface area contributed by atoms with E-state index < -0.39 is 46.8 Å². The second-order valence-corrected chi connectivity index (χ2v) is 5.97. The Kier molecular flexibility index (Phi) is 6.17. The molecule has 28 heavy (non-hydrogen) atoms. The maximum Gasteiger partial charge on any atom is 0.573 e. The SMILES string of the molecule is CCN1C(=O)C(C(=O)Nc2ccc(OC(F)(F)F)c(Cl)c2)C(=O)N(CC)C1=O. The normalized spacial score (nSPS) is 15.9. The van der Waals surface area contributed by atoms with E-state index in [4.69, 9.17) is 11.6 Å². The Morgan fingerprint density at radius 2 is 1.68 bits per heavy atom. The molecule has 2 rings (SSSR count). The van der Waals surface area contributed by atoms with E-state index in [1.807, 2.05) is 0 Å². The maximum absolute atomic E-state index is 12.5. The number of barbiturate groups is 1. The summed E-state index contributed by atoms with van der Waals surface area (Å²) in [4.78, 5) is 50.8. The summed E-state index contributed by atoms with van der Waals surface area (Å²) in [6.07, 6.45) is -4.95. The smallest absolute Gasteiger partial charge is 0.404 e. The number of carbonyl (C=O) groups excluding carboxylic acids is 4. The van der Waals surface area contributed by atoms with Crippen LogP contribution >= 0.6 is 11.6 Å². The highest BCUT2D eigenvalue weighted by atomic mass is 35.5. The van der Waals surface area contributed by atoms with Crippen molar-refractivity contribution in [1.82, 2.24) is 9.80 Å². The van der Waals surface area contributed by atoms with Crippen LogP contribution in [0, 0.1) is 5.92 Å². The van der Waals surface area contributed by atoms with Crippen molar-refractivity contribution in [3.63, 3.8) is 0 Å². The highest BCUT2D eigenvalue weighted by Gasteiger charge is 2.48. The van der Waals surface area contributed by atoms with Gasteiger partial charge in [0.1, 0.15) is 5.75 Å². The number of rotatable bonds is 5. The van der Waals surface area contributed by atoms with Crippen molar-refractivity contribution in [3.05, 3.63) is 23.2 Å². The molecular weight excluding hydrogens is 407 g/mol. The van der Waals surface area contributed by atoms with Gasteiger partial charge < -0.3 is 10.1 Å². The number of hydrogen-bond donors (Lipinski definition) is 1. The lowest BCUT2D eigenvalue weighted by molar-refractivity contribution is -0.274. The molecule has 1 aliphatic heterocycles. The number of urea groups is 1. The third-order valence-electron chi connectivity index (χ3n) is 3.81. The number of anilines is 1. The molecule has 152 valence electrons. The summed E-state index contributed by atoms with van der Waals surface area (Å²) in [5.74, 6) is -5.50. The minimum atomic E-state index is -4.95. The highest BCUT2D eigenvalue weighted by Crippen LogP contribution is 2.32. The highest BCUT2D eigenvalue weighted by molar-refractivity contribution is 6.32. The molecule has 0 saturated carbocycles. The van der Waals surface area contributed by atoms with E-state index in [2.05, 4.69) is 10.1 Å². The van der Waals surface area contributed by atoms with E-state index in [9.17, 15) is 32.3 Å². The van der Waals surface area contributed by atoms with Crippen molar-refractivity contribution >= 4 is 41.0 Å². The second-order valence-electron chi connectivity index (χ2n) is 5.56. The zero-order valence-electron chi connectivity index (χ0n) is 14.7. The average Bonchev–Trinajstić information content (AvgIpc) is 2.57. The first-order chi connectivity index (χ1) is 13.0. The molecule has 1 N–H and O–H groups in total. The fourth-order valence-corrected chi connectivity index (χ4v) is 2.78. The van der Waals surface area contributed by atoms with Crippen LogP contribution in [0.25, 0.3) is 0 Å². The molecule has 8 nitrogen and oxygen atoms in total. The summed E-state index contributed by atoms with van der Waals surface area (Å²) in [5.41, 5.74) is -0.0619. The lowest BCUT2D eigenvalue weighted by Crippen LogP contribution is -2.62. The zero-order valence-corrected chi connectivity index (χ0v) is 15.4. The summed E-state index contributed by atoms with van der Waals surface area (Å²) < 4.78 is 40.5. The van der Waals surface area contributed by atoms with Crippen molar-refractivity contribution in [2.75, 3.05) is 18.4 Å². The molecule has 1 heterocycles. The molecule has 0 bridgehead atoms. The molecule has 5 amide bonds. The molecule has 0 atom stereocenters. The summed E-state index contributed by atoms with van der Waals surface area (Å²) in [6, 6.07) is 2.08. The van der Waals surface area contributed by atoms with E-state index in [1.54, 1.807) is 0 Å². The second kappa shape index (κ2) is 8.05. The van der Waals surface area contributed by atoms with Crippen LogP contribution in [0.5, 0.6) is 5.75 Å². The number of imide groups is 2. The minimum absolute atomic E-state index is 0.0411. The predicted molar refractivity (Wildman–Crippen MR) is 90.4 cm³/mol. The van der Waals surface area contributed by atoms with Gasteiger partial charge in [0.05, 0.1) is 5.02 Å². The molecule has 0 radical (unpaired) electrons. The van der Waals surface area contributed by atoms with Gasteiger partial charge in [0.25, 0.3) is 11.8 Å². The van der Waals surface area contributed by atoms with Gasteiger partial charge in [0, 0.05) is 18.8 Å². The van der Waals surface area contributed by atoms with Gasteiger partial charge in [-0.1, -0.05) is 11.6 Å². The summed E-state index contributed by atoms with van der Waals surface area (Å²) in [7, 11) is 0. The molecule has 1 saturated heterocycles. The molecule has 0 spiro atoms. The van der Waals surface area contributed by atoms with Crippen LogP contribution in [-0.2, 0) is 14.4 Å². The van der Waals surface area contributed by atoms with Crippen LogP contribution in [0.2, 0.25) is 5.02 Å². The maximum atomic E-state index is 12.5. The topological polar surface area (TPSA) is 96.0 Å². The number of amides is 5. The van der Waals surface area contributed by atoms with Crippen molar-refractivity contribution in [1.29, 1.82) is 0 Å². The van der Waals surface area contributed by atoms with E-state index in [0.29, 0.717) is 0 Å². The molecule has 1 aliphatic rings. The quantitative estimate of drug-likeness (QED) is 0.737. The lowest BCUT2D eigenvalue weighted by atomic mass is 10.0. The van der Waals surface area contributed by atoms with Crippen molar-refractivity contribution < 1.29 is 37.1 Å². The van der Waals surface area contributed by atoms with Crippen LogP contribution in [0.3, 0.4) is 0 Å². The predicted octanol–water partition coefficient (Wildman–Crippen LogP) is 2.62. The lowest BCUT2D eigenvalue weighted by Gasteiger charge is -2.35. The van der Waals surface area contributed by atoms with Crippen molar-refractivity contribution in [2.45, 2.75) is 20.2 Å². The molecule has 0 aliphatic carbocycles. The number of benzene rings is 1. The summed E-state index contributed by atoms with van der Waals surface area (Å²) >= 11 is 5.70. The third kappa shape index (κ3) is 4.35. The van der Waals surface area contributed by atoms with Gasteiger partial charge in [0.2, 0.25) is 5.91 Å².